The van der Waals surface area contributed by atoms with Crippen LogP contribution in [-0.4, -0.2) is 15.7 Å². The van der Waals surface area contributed by atoms with Crippen LogP contribution in [0, 0.1) is 13.8 Å². The lowest BCUT2D eigenvalue weighted by Crippen LogP contribution is -2.27. The Hall–Kier alpha value is -2.24. The molecule has 0 atom stereocenters. The highest BCUT2D eigenvalue weighted by atomic mass is 16.3. The van der Waals surface area contributed by atoms with Crippen molar-refractivity contribution in [3.05, 3.63) is 35.5 Å². The Morgan fingerprint density at radius 1 is 1.56 bits per heavy atom. The molecule has 0 radical (unpaired) electrons. The van der Waals surface area contributed by atoms with Gasteiger partial charge in [-0.1, -0.05) is 0 Å². The summed E-state index contributed by atoms with van der Waals surface area (Å²) in [5.41, 5.74) is 7.98. The van der Waals surface area contributed by atoms with Crippen LogP contribution in [0.4, 0.5) is 5.69 Å². The fraction of sp³-hybridized carbons (Fsp3) is 0.333. The molecule has 3 N–H and O–H groups in total. The average Bonchev–Trinajstić information content (AvgIpc) is 2.93. The largest absolute Gasteiger partial charge is 0.467 e. The van der Waals surface area contributed by atoms with E-state index in [-0.39, 0.29) is 12.5 Å². The molecule has 0 unspecified atom stereocenters. The number of rotatable bonds is 4. The fourth-order valence-electron chi connectivity index (χ4n) is 1.66. The van der Waals surface area contributed by atoms with Crippen molar-refractivity contribution in [1.82, 2.24) is 15.1 Å². The zero-order valence-electron chi connectivity index (χ0n) is 10.4. The van der Waals surface area contributed by atoms with Crippen molar-refractivity contribution in [1.29, 1.82) is 0 Å². The van der Waals surface area contributed by atoms with Gasteiger partial charge in [-0.05, 0) is 26.0 Å². The maximum Gasteiger partial charge on any atom is 0.242 e. The first-order chi connectivity index (χ1) is 8.58. The first-order valence-corrected chi connectivity index (χ1v) is 5.66. The van der Waals surface area contributed by atoms with Gasteiger partial charge in [0.15, 0.2) is 0 Å². The number of aromatic nitrogens is 2. The second kappa shape index (κ2) is 4.95. The van der Waals surface area contributed by atoms with Crippen LogP contribution in [0.1, 0.15) is 17.1 Å². The molecule has 0 saturated carbocycles. The Bertz CT molecular complexity index is 543. The zero-order valence-corrected chi connectivity index (χ0v) is 10.4. The van der Waals surface area contributed by atoms with Crippen molar-refractivity contribution in [3.8, 4) is 0 Å². The molecule has 0 bridgehead atoms. The summed E-state index contributed by atoms with van der Waals surface area (Å²) in [4.78, 5) is 11.7. The summed E-state index contributed by atoms with van der Waals surface area (Å²) in [7, 11) is 0. The number of furan rings is 1. The highest BCUT2D eigenvalue weighted by Crippen LogP contribution is 2.14. The molecule has 2 aromatic heterocycles. The molecule has 2 heterocycles. The van der Waals surface area contributed by atoms with E-state index in [4.69, 9.17) is 10.2 Å². The molecule has 0 aliphatic heterocycles. The number of carbonyl (C=O) groups is 1. The molecule has 6 nitrogen and oxygen atoms in total. The molecule has 0 aliphatic rings. The molecule has 1 amide bonds. The Labute approximate surface area is 105 Å². The van der Waals surface area contributed by atoms with Crippen LogP contribution in [0.25, 0.3) is 0 Å². The highest BCUT2D eigenvalue weighted by Gasteiger charge is 2.11. The quantitative estimate of drug-likeness (QED) is 0.844. The summed E-state index contributed by atoms with van der Waals surface area (Å²) in [5, 5.41) is 6.96. The number of nitrogens with zero attached hydrogens (tertiary/aromatic N) is 2. The minimum atomic E-state index is -0.128. The summed E-state index contributed by atoms with van der Waals surface area (Å²) >= 11 is 0. The van der Waals surface area contributed by atoms with Crippen LogP contribution in [0.3, 0.4) is 0 Å². The lowest BCUT2D eigenvalue weighted by Gasteiger charge is -2.05. The number of carbonyl (C=O) groups excluding carboxylic acids is 1. The second-order valence-electron chi connectivity index (χ2n) is 4.10. The van der Waals surface area contributed by atoms with Crippen molar-refractivity contribution in [3.63, 3.8) is 0 Å². The standard InChI is InChI=1S/C12H16N4O2/c1-8-12(13)9(2)16(15-8)7-11(17)14-6-10-4-3-5-18-10/h3-5H,6-7,13H2,1-2H3,(H,14,17). The zero-order chi connectivity index (χ0) is 13.1. The van der Waals surface area contributed by atoms with Crippen LogP contribution in [0.5, 0.6) is 0 Å². The van der Waals surface area contributed by atoms with Crippen LogP contribution >= 0.6 is 0 Å². The summed E-state index contributed by atoms with van der Waals surface area (Å²) in [6.07, 6.45) is 1.57. The summed E-state index contributed by atoms with van der Waals surface area (Å²) in [6.45, 7) is 4.19. The van der Waals surface area contributed by atoms with Crippen LogP contribution in [0.2, 0.25) is 0 Å². The van der Waals surface area contributed by atoms with Gasteiger partial charge >= 0.3 is 0 Å². The van der Waals surface area contributed by atoms with Crippen LogP contribution < -0.4 is 11.1 Å². The molecule has 96 valence electrons. The van der Waals surface area contributed by atoms with E-state index >= 15 is 0 Å². The molecule has 18 heavy (non-hydrogen) atoms. The van der Waals surface area contributed by atoms with Gasteiger partial charge in [-0.15, -0.1) is 0 Å². The van der Waals surface area contributed by atoms with E-state index in [1.165, 1.54) is 0 Å². The lowest BCUT2D eigenvalue weighted by atomic mass is 10.3. The molecule has 0 aromatic carbocycles. The van der Waals surface area contributed by atoms with Crippen molar-refractivity contribution in [2.24, 2.45) is 0 Å². The first-order valence-electron chi connectivity index (χ1n) is 5.66. The Kier molecular flexibility index (Phi) is 3.36. The molecular formula is C12H16N4O2. The first kappa shape index (κ1) is 12.2. The van der Waals surface area contributed by atoms with Gasteiger partial charge in [-0.2, -0.15) is 5.10 Å². The molecule has 0 saturated heterocycles. The molecule has 0 aliphatic carbocycles. The summed E-state index contributed by atoms with van der Waals surface area (Å²) in [5.74, 6) is 0.591. The van der Waals surface area contributed by atoms with E-state index in [2.05, 4.69) is 10.4 Å². The molecule has 0 fully saturated rings. The van der Waals surface area contributed by atoms with Crippen molar-refractivity contribution in [2.45, 2.75) is 26.9 Å². The van der Waals surface area contributed by atoms with E-state index < -0.39 is 0 Å². The van der Waals surface area contributed by atoms with Gasteiger partial charge in [0.1, 0.15) is 12.3 Å². The number of hydrogen-bond acceptors (Lipinski definition) is 4. The summed E-state index contributed by atoms with van der Waals surface area (Å²) in [6, 6.07) is 3.59. The molecule has 2 rings (SSSR count). The topological polar surface area (TPSA) is 86.1 Å². The fourth-order valence-corrected chi connectivity index (χ4v) is 1.66. The predicted molar refractivity (Wildman–Crippen MR) is 66.7 cm³/mol. The van der Waals surface area contributed by atoms with Crippen LogP contribution in [-0.2, 0) is 17.9 Å². The van der Waals surface area contributed by atoms with E-state index in [1.807, 2.05) is 19.9 Å². The third-order valence-corrected chi connectivity index (χ3v) is 2.77. The third kappa shape index (κ3) is 2.53. The molecule has 0 spiro atoms. The lowest BCUT2D eigenvalue weighted by molar-refractivity contribution is -0.122. The maximum atomic E-state index is 11.7. The average molecular weight is 248 g/mol. The molecule has 6 heteroatoms. The second-order valence-corrected chi connectivity index (χ2v) is 4.10. The summed E-state index contributed by atoms with van der Waals surface area (Å²) < 4.78 is 6.72. The van der Waals surface area contributed by atoms with Crippen molar-refractivity contribution >= 4 is 11.6 Å². The van der Waals surface area contributed by atoms with Gasteiger partial charge in [-0.3, -0.25) is 9.48 Å². The molecule has 2 aromatic rings. The number of amides is 1. The van der Waals surface area contributed by atoms with Crippen LogP contribution in [0.15, 0.2) is 22.8 Å². The van der Waals surface area contributed by atoms with Gasteiger partial charge in [0.05, 0.1) is 29.9 Å². The number of hydrogen-bond donors (Lipinski definition) is 2. The minimum Gasteiger partial charge on any atom is -0.467 e. The van der Waals surface area contributed by atoms with Crippen molar-refractivity contribution in [2.75, 3.05) is 5.73 Å². The third-order valence-electron chi connectivity index (χ3n) is 2.77. The minimum absolute atomic E-state index is 0.128. The van der Waals surface area contributed by atoms with E-state index in [0.717, 1.165) is 17.1 Å². The van der Waals surface area contributed by atoms with E-state index in [1.54, 1.807) is 17.0 Å². The Morgan fingerprint density at radius 2 is 2.33 bits per heavy atom. The monoisotopic (exact) mass is 248 g/mol. The van der Waals surface area contributed by atoms with Gasteiger partial charge < -0.3 is 15.5 Å². The maximum absolute atomic E-state index is 11.7. The van der Waals surface area contributed by atoms with Gasteiger partial charge in [-0.25, -0.2) is 0 Å². The number of nitrogens with one attached hydrogen (secondary N) is 1. The Balaban J connectivity index is 1.93. The van der Waals surface area contributed by atoms with Gasteiger partial charge in [0.2, 0.25) is 5.91 Å². The molecular weight excluding hydrogens is 232 g/mol. The van der Waals surface area contributed by atoms with Gasteiger partial charge in [0, 0.05) is 0 Å². The number of aryl methyl sites for hydroxylation is 1. The van der Waals surface area contributed by atoms with Crippen molar-refractivity contribution < 1.29 is 9.21 Å². The normalized spacial score (nSPS) is 10.6. The van der Waals surface area contributed by atoms with Gasteiger partial charge in [0.25, 0.3) is 0 Å². The Morgan fingerprint density at radius 3 is 2.89 bits per heavy atom. The SMILES string of the molecule is Cc1nn(CC(=O)NCc2ccco2)c(C)c1N. The number of nitrogens with two attached hydrogens (primary N) is 1. The van der Waals surface area contributed by atoms with E-state index in [9.17, 15) is 4.79 Å². The smallest absolute Gasteiger partial charge is 0.242 e. The van der Waals surface area contributed by atoms with E-state index in [0.29, 0.717) is 12.2 Å². The highest BCUT2D eigenvalue weighted by molar-refractivity contribution is 5.75. The number of anilines is 1. The number of nitrogen functional groups attached to an aromatic ring is 1. The predicted octanol–water partition coefficient (Wildman–Crippen LogP) is 0.992.